The number of hydrogen-bond acceptors (Lipinski definition) is 6. The summed E-state index contributed by atoms with van der Waals surface area (Å²) in [6.45, 7) is 1.22. The molecule has 2 heterocycles. The smallest absolute Gasteiger partial charge is 0.253 e. The van der Waals surface area contributed by atoms with Crippen LogP contribution in [0.15, 0.2) is 36.4 Å². The topological polar surface area (TPSA) is 95.1 Å². The quantitative estimate of drug-likeness (QED) is 0.683. The Hall–Kier alpha value is -3.10. The van der Waals surface area contributed by atoms with Gasteiger partial charge in [-0.15, -0.1) is 0 Å². The van der Waals surface area contributed by atoms with Crippen LogP contribution in [0, 0.1) is 0 Å². The summed E-state index contributed by atoms with van der Waals surface area (Å²) in [7, 11) is 3.12. The molecule has 0 radical (unpaired) electrons. The van der Waals surface area contributed by atoms with E-state index in [1.54, 1.807) is 26.4 Å². The van der Waals surface area contributed by atoms with Gasteiger partial charge in [0, 0.05) is 13.2 Å². The third-order valence-electron chi connectivity index (χ3n) is 5.70. The molecule has 0 aromatic heterocycles. The van der Waals surface area contributed by atoms with Gasteiger partial charge in [-0.25, -0.2) is 0 Å². The maximum absolute atomic E-state index is 12.4. The van der Waals surface area contributed by atoms with Crippen molar-refractivity contribution in [1.82, 2.24) is 0 Å². The molecule has 2 aliphatic rings. The molecule has 2 aliphatic heterocycles. The van der Waals surface area contributed by atoms with Gasteiger partial charge in [-0.2, -0.15) is 0 Å². The van der Waals surface area contributed by atoms with E-state index in [9.17, 15) is 9.59 Å². The molecule has 32 heavy (non-hydrogen) atoms. The number of ether oxygens (including phenoxy) is 4. The standard InChI is InChI=1S/C24H28N2O6/c1-29-21-13-15(7-9-17(21)25-23(27)19-5-3-11-31-19)16-8-10-18(22(14-16)30-2)26-24(28)20-6-4-12-32-20/h7-10,13-14,19-20H,3-6,11-12H2,1-2H3,(H,25,27)(H,26,28)/t19-,20-/m1/s1. The average molecular weight is 440 g/mol. The highest BCUT2D eigenvalue weighted by molar-refractivity contribution is 5.97. The Labute approximate surface area is 187 Å². The first-order chi connectivity index (χ1) is 15.6. The van der Waals surface area contributed by atoms with Crippen LogP contribution in [0.4, 0.5) is 11.4 Å². The summed E-state index contributed by atoms with van der Waals surface area (Å²) >= 11 is 0. The Morgan fingerprint density at radius 2 is 1.22 bits per heavy atom. The van der Waals surface area contributed by atoms with E-state index in [1.165, 1.54) is 0 Å². The second-order valence-corrected chi connectivity index (χ2v) is 7.81. The summed E-state index contributed by atoms with van der Waals surface area (Å²) in [5.74, 6) is 0.760. The first-order valence-corrected chi connectivity index (χ1v) is 10.8. The molecule has 0 spiro atoms. The molecule has 8 heteroatoms. The lowest BCUT2D eigenvalue weighted by molar-refractivity contribution is -0.125. The van der Waals surface area contributed by atoms with E-state index in [0.29, 0.717) is 36.1 Å². The molecule has 0 bridgehead atoms. The van der Waals surface area contributed by atoms with Crippen molar-refractivity contribution in [1.29, 1.82) is 0 Å². The Balaban J connectivity index is 1.52. The van der Waals surface area contributed by atoms with Crippen molar-refractivity contribution in [2.45, 2.75) is 37.9 Å². The van der Waals surface area contributed by atoms with Crippen LogP contribution in [-0.4, -0.2) is 51.5 Å². The van der Waals surface area contributed by atoms with Crippen molar-refractivity contribution < 1.29 is 28.5 Å². The van der Waals surface area contributed by atoms with Crippen molar-refractivity contribution in [3.05, 3.63) is 36.4 Å². The van der Waals surface area contributed by atoms with Crippen molar-refractivity contribution in [2.75, 3.05) is 38.1 Å². The highest BCUT2D eigenvalue weighted by Crippen LogP contribution is 2.35. The number of carbonyl (C=O) groups excluding carboxylic acids is 2. The van der Waals surface area contributed by atoms with Crippen LogP contribution in [0.25, 0.3) is 11.1 Å². The molecule has 0 aliphatic carbocycles. The van der Waals surface area contributed by atoms with E-state index in [1.807, 2.05) is 24.3 Å². The fourth-order valence-corrected chi connectivity index (χ4v) is 3.94. The summed E-state index contributed by atoms with van der Waals surface area (Å²) in [5.41, 5.74) is 2.94. The Kier molecular flexibility index (Phi) is 6.92. The molecule has 2 atom stereocenters. The second kappa shape index (κ2) is 10.0. The zero-order valence-corrected chi connectivity index (χ0v) is 18.3. The van der Waals surface area contributed by atoms with Crippen molar-refractivity contribution >= 4 is 23.2 Å². The van der Waals surface area contributed by atoms with Crippen molar-refractivity contribution in [2.24, 2.45) is 0 Å². The molecule has 2 aromatic rings. The van der Waals surface area contributed by atoms with Gasteiger partial charge < -0.3 is 29.6 Å². The summed E-state index contributed by atoms with van der Waals surface area (Å²) in [5, 5.41) is 5.78. The summed E-state index contributed by atoms with van der Waals surface area (Å²) in [6.07, 6.45) is 2.39. The zero-order valence-electron chi connectivity index (χ0n) is 18.3. The third-order valence-corrected chi connectivity index (χ3v) is 5.70. The maximum atomic E-state index is 12.4. The van der Waals surface area contributed by atoms with Gasteiger partial charge in [-0.3, -0.25) is 9.59 Å². The molecule has 2 amide bonds. The van der Waals surface area contributed by atoms with Gasteiger partial charge in [0.15, 0.2) is 0 Å². The number of rotatable bonds is 7. The van der Waals surface area contributed by atoms with Crippen LogP contribution >= 0.6 is 0 Å². The van der Waals surface area contributed by atoms with Gasteiger partial charge in [0.05, 0.1) is 25.6 Å². The van der Waals surface area contributed by atoms with E-state index in [0.717, 1.165) is 36.8 Å². The fourth-order valence-electron chi connectivity index (χ4n) is 3.94. The van der Waals surface area contributed by atoms with Crippen LogP contribution in [-0.2, 0) is 19.1 Å². The van der Waals surface area contributed by atoms with Gasteiger partial charge in [0.2, 0.25) is 0 Å². The van der Waals surface area contributed by atoms with Gasteiger partial charge in [-0.1, -0.05) is 12.1 Å². The molecule has 8 nitrogen and oxygen atoms in total. The molecule has 4 rings (SSSR count). The molecule has 2 saturated heterocycles. The van der Waals surface area contributed by atoms with Gasteiger partial charge in [0.25, 0.3) is 11.8 Å². The van der Waals surface area contributed by atoms with Gasteiger partial charge >= 0.3 is 0 Å². The number of amides is 2. The molecule has 2 fully saturated rings. The first kappa shape index (κ1) is 22.1. The van der Waals surface area contributed by atoms with Crippen LogP contribution < -0.4 is 20.1 Å². The number of anilines is 2. The third kappa shape index (κ3) is 4.87. The molecular weight excluding hydrogens is 412 g/mol. The number of methoxy groups -OCH3 is 2. The minimum atomic E-state index is -0.416. The lowest BCUT2D eigenvalue weighted by Gasteiger charge is -2.16. The number of nitrogens with one attached hydrogen (secondary N) is 2. The van der Waals surface area contributed by atoms with Crippen LogP contribution in [0.1, 0.15) is 25.7 Å². The van der Waals surface area contributed by atoms with E-state index < -0.39 is 12.2 Å². The highest BCUT2D eigenvalue weighted by atomic mass is 16.5. The van der Waals surface area contributed by atoms with Gasteiger partial charge in [-0.05, 0) is 61.1 Å². The summed E-state index contributed by atoms with van der Waals surface area (Å²) in [4.78, 5) is 24.8. The molecule has 170 valence electrons. The summed E-state index contributed by atoms with van der Waals surface area (Å²) in [6, 6.07) is 11.1. The largest absolute Gasteiger partial charge is 0.495 e. The van der Waals surface area contributed by atoms with E-state index in [-0.39, 0.29) is 11.8 Å². The Morgan fingerprint density at radius 1 is 0.781 bits per heavy atom. The minimum absolute atomic E-state index is 0.165. The molecular formula is C24H28N2O6. The highest BCUT2D eigenvalue weighted by Gasteiger charge is 2.25. The Morgan fingerprint density at radius 3 is 1.56 bits per heavy atom. The molecule has 0 saturated carbocycles. The number of benzene rings is 2. The van der Waals surface area contributed by atoms with Crippen LogP contribution in [0.3, 0.4) is 0 Å². The van der Waals surface area contributed by atoms with Crippen molar-refractivity contribution in [3.63, 3.8) is 0 Å². The summed E-state index contributed by atoms with van der Waals surface area (Å²) < 4.78 is 21.9. The number of carbonyl (C=O) groups is 2. The predicted molar refractivity (Wildman–Crippen MR) is 120 cm³/mol. The first-order valence-electron chi connectivity index (χ1n) is 10.8. The van der Waals surface area contributed by atoms with E-state index in [2.05, 4.69) is 10.6 Å². The SMILES string of the molecule is COc1cc(-c2ccc(NC(=O)[C@H]3CCCO3)c(OC)c2)ccc1NC(=O)[C@H]1CCCO1. The Bertz CT molecular complexity index is 901. The molecule has 2 N–H and O–H groups in total. The average Bonchev–Trinajstić information content (AvgIpc) is 3.54. The van der Waals surface area contributed by atoms with Crippen LogP contribution in [0.5, 0.6) is 11.5 Å². The van der Waals surface area contributed by atoms with Gasteiger partial charge in [0.1, 0.15) is 23.7 Å². The normalized spacial score (nSPS) is 20.1. The maximum Gasteiger partial charge on any atom is 0.253 e. The fraction of sp³-hybridized carbons (Fsp3) is 0.417. The lowest BCUT2D eigenvalue weighted by atomic mass is 10.0. The van der Waals surface area contributed by atoms with Crippen LogP contribution in [0.2, 0.25) is 0 Å². The predicted octanol–water partition coefficient (Wildman–Crippen LogP) is 3.61. The minimum Gasteiger partial charge on any atom is -0.495 e. The number of hydrogen-bond donors (Lipinski definition) is 2. The second-order valence-electron chi connectivity index (χ2n) is 7.81. The molecule has 2 aromatic carbocycles. The van der Waals surface area contributed by atoms with E-state index >= 15 is 0 Å². The van der Waals surface area contributed by atoms with Crippen molar-refractivity contribution in [3.8, 4) is 22.6 Å². The lowest BCUT2D eigenvalue weighted by Crippen LogP contribution is -2.27. The monoisotopic (exact) mass is 440 g/mol. The molecule has 0 unspecified atom stereocenters. The zero-order chi connectivity index (χ0) is 22.5. The van der Waals surface area contributed by atoms with E-state index in [4.69, 9.17) is 18.9 Å².